The average molecular weight is 285 g/mol. The lowest BCUT2D eigenvalue weighted by Gasteiger charge is -2.22. The fraction of sp³-hybridized carbons (Fsp3) is 0.250. The van der Waals surface area contributed by atoms with Crippen molar-refractivity contribution >= 4 is 17.1 Å². The van der Waals surface area contributed by atoms with Gasteiger partial charge in [-0.15, -0.1) is 0 Å². The molecule has 2 rings (SSSR count). The van der Waals surface area contributed by atoms with Crippen LogP contribution < -0.4 is 10.6 Å². The second kappa shape index (κ2) is 5.83. The van der Waals surface area contributed by atoms with Crippen LogP contribution in [0.2, 0.25) is 0 Å². The molecule has 0 unspecified atom stereocenters. The van der Waals surface area contributed by atoms with Crippen molar-refractivity contribution in [1.29, 1.82) is 0 Å². The molecule has 0 atom stereocenters. The van der Waals surface area contributed by atoms with Gasteiger partial charge in [0.2, 0.25) is 0 Å². The summed E-state index contributed by atoms with van der Waals surface area (Å²) >= 11 is 0. The molecule has 0 fully saturated rings. The zero-order valence-electron chi connectivity index (χ0n) is 12.5. The number of rotatable bonds is 4. The van der Waals surface area contributed by atoms with Crippen LogP contribution in [0.5, 0.6) is 0 Å². The van der Waals surface area contributed by atoms with Crippen LogP contribution in [0.15, 0.2) is 36.4 Å². The SMILES string of the molecule is Cc1ccc(N(C)Cc2cccc([N+](=O)[O-])c2N)c(C)c1. The second-order valence-electron chi connectivity index (χ2n) is 5.25. The van der Waals surface area contributed by atoms with Crippen LogP contribution in [-0.2, 0) is 6.54 Å². The van der Waals surface area contributed by atoms with E-state index in [0.29, 0.717) is 6.54 Å². The molecule has 0 amide bonds. The Labute approximate surface area is 124 Å². The van der Waals surface area contributed by atoms with Gasteiger partial charge in [-0.1, -0.05) is 29.8 Å². The number of nitrogens with zero attached hydrogens (tertiary/aromatic N) is 2. The summed E-state index contributed by atoms with van der Waals surface area (Å²) in [6, 6.07) is 11.1. The highest BCUT2D eigenvalue weighted by molar-refractivity contribution is 5.64. The maximum atomic E-state index is 10.9. The summed E-state index contributed by atoms with van der Waals surface area (Å²) in [6.07, 6.45) is 0. The van der Waals surface area contributed by atoms with Crippen LogP contribution in [0.3, 0.4) is 0 Å². The van der Waals surface area contributed by atoms with E-state index < -0.39 is 4.92 Å². The molecule has 0 aliphatic carbocycles. The molecule has 5 heteroatoms. The third-order valence-corrected chi connectivity index (χ3v) is 3.54. The molecule has 0 saturated carbocycles. The number of nitro benzene ring substituents is 1. The van der Waals surface area contributed by atoms with Gasteiger partial charge in [0.05, 0.1) is 4.92 Å². The van der Waals surface area contributed by atoms with Crippen molar-refractivity contribution in [1.82, 2.24) is 0 Å². The first-order chi connectivity index (χ1) is 9.90. The highest BCUT2D eigenvalue weighted by Gasteiger charge is 2.15. The number of nitrogen functional groups attached to an aromatic ring is 1. The van der Waals surface area contributed by atoms with Gasteiger partial charge in [-0.25, -0.2) is 0 Å². The number of para-hydroxylation sites is 1. The number of hydrogen-bond donors (Lipinski definition) is 1. The van der Waals surface area contributed by atoms with Gasteiger partial charge in [0.15, 0.2) is 0 Å². The van der Waals surface area contributed by atoms with Crippen molar-refractivity contribution in [3.05, 3.63) is 63.2 Å². The largest absolute Gasteiger partial charge is 0.393 e. The van der Waals surface area contributed by atoms with Crippen molar-refractivity contribution < 1.29 is 4.92 Å². The predicted molar refractivity (Wildman–Crippen MR) is 85.5 cm³/mol. The van der Waals surface area contributed by atoms with E-state index in [4.69, 9.17) is 5.73 Å². The molecule has 0 aliphatic rings. The lowest BCUT2D eigenvalue weighted by Crippen LogP contribution is -2.18. The topological polar surface area (TPSA) is 72.4 Å². The minimum atomic E-state index is -0.448. The normalized spacial score (nSPS) is 10.4. The minimum absolute atomic E-state index is 0.0403. The van der Waals surface area contributed by atoms with Crippen LogP contribution in [-0.4, -0.2) is 12.0 Å². The number of nitro groups is 1. The Morgan fingerprint density at radius 3 is 2.57 bits per heavy atom. The van der Waals surface area contributed by atoms with Crippen molar-refractivity contribution in [3.8, 4) is 0 Å². The third kappa shape index (κ3) is 3.13. The number of nitrogens with two attached hydrogens (primary N) is 1. The first kappa shape index (κ1) is 14.8. The number of hydrogen-bond acceptors (Lipinski definition) is 4. The Balaban J connectivity index is 2.29. The highest BCUT2D eigenvalue weighted by atomic mass is 16.6. The summed E-state index contributed by atoms with van der Waals surface area (Å²) in [5.41, 5.74) is 10.3. The van der Waals surface area contributed by atoms with Crippen LogP contribution in [0, 0.1) is 24.0 Å². The number of anilines is 2. The van der Waals surface area contributed by atoms with E-state index in [1.807, 2.05) is 18.0 Å². The fourth-order valence-electron chi connectivity index (χ4n) is 2.47. The molecule has 5 nitrogen and oxygen atoms in total. The van der Waals surface area contributed by atoms with Crippen molar-refractivity contribution in [2.24, 2.45) is 0 Å². The van der Waals surface area contributed by atoms with E-state index in [-0.39, 0.29) is 11.4 Å². The monoisotopic (exact) mass is 285 g/mol. The molecule has 110 valence electrons. The van der Waals surface area contributed by atoms with Gasteiger partial charge in [-0.05, 0) is 25.5 Å². The van der Waals surface area contributed by atoms with E-state index in [9.17, 15) is 10.1 Å². The number of aryl methyl sites for hydroxylation is 2. The molecular formula is C16H19N3O2. The molecule has 21 heavy (non-hydrogen) atoms. The maximum absolute atomic E-state index is 10.9. The summed E-state index contributed by atoms with van der Waals surface area (Å²) in [4.78, 5) is 12.5. The van der Waals surface area contributed by atoms with Crippen LogP contribution in [0.1, 0.15) is 16.7 Å². The molecule has 0 saturated heterocycles. The summed E-state index contributed by atoms with van der Waals surface area (Å²) in [7, 11) is 1.95. The molecule has 0 spiro atoms. The van der Waals surface area contributed by atoms with Gasteiger partial charge in [-0.2, -0.15) is 0 Å². The van der Waals surface area contributed by atoms with Gasteiger partial charge in [0.25, 0.3) is 5.69 Å². The van der Waals surface area contributed by atoms with Crippen molar-refractivity contribution in [2.45, 2.75) is 20.4 Å². The van der Waals surface area contributed by atoms with Crippen molar-refractivity contribution in [2.75, 3.05) is 17.7 Å². The van der Waals surface area contributed by atoms with Gasteiger partial charge in [0.1, 0.15) is 5.69 Å². The van der Waals surface area contributed by atoms with E-state index in [1.54, 1.807) is 6.07 Å². The van der Waals surface area contributed by atoms with E-state index in [0.717, 1.165) is 11.3 Å². The van der Waals surface area contributed by atoms with Gasteiger partial charge < -0.3 is 10.6 Å². The van der Waals surface area contributed by atoms with Crippen molar-refractivity contribution in [3.63, 3.8) is 0 Å². The van der Waals surface area contributed by atoms with Crippen LogP contribution >= 0.6 is 0 Å². The Bertz CT molecular complexity index is 683. The fourth-order valence-corrected chi connectivity index (χ4v) is 2.47. The standard InChI is InChI=1S/C16H19N3O2/c1-11-7-8-14(12(2)9-11)18(3)10-13-5-4-6-15(16(13)17)19(20)21/h4-9H,10,17H2,1-3H3. The summed E-state index contributed by atoms with van der Waals surface area (Å²) in [5, 5.41) is 10.9. The predicted octanol–water partition coefficient (Wildman–Crippen LogP) is 3.43. The zero-order valence-corrected chi connectivity index (χ0v) is 12.5. The molecule has 2 aromatic rings. The Morgan fingerprint density at radius 1 is 1.24 bits per heavy atom. The molecule has 0 radical (unpaired) electrons. The molecule has 0 aliphatic heterocycles. The second-order valence-corrected chi connectivity index (χ2v) is 5.25. The van der Waals surface area contributed by atoms with E-state index in [2.05, 4.69) is 32.0 Å². The molecule has 2 N–H and O–H groups in total. The average Bonchev–Trinajstić information content (AvgIpc) is 2.40. The van der Waals surface area contributed by atoms with E-state index in [1.165, 1.54) is 17.2 Å². The molecule has 0 aromatic heterocycles. The quantitative estimate of drug-likeness (QED) is 0.530. The first-order valence-corrected chi connectivity index (χ1v) is 6.70. The number of benzene rings is 2. The third-order valence-electron chi connectivity index (χ3n) is 3.54. The molecule has 0 heterocycles. The van der Waals surface area contributed by atoms with Gasteiger partial charge in [0, 0.05) is 30.9 Å². The van der Waals surface area contributed by atoms with Gasteiger partial charge >= 0.3 is 0 Å². The molecule has 2 aromatic carbocycles. The lowest BCUT2D eigenvalue weighted by atomic mass is 10.1. The smallest absolute Gasteiger partial charge is 0.292 e. The molecular weight excluding hydrogens is 266 g/mol. The summed E-state index contributed by atoms with van der Waals surface area (Å²) in [5.74, 6) is 0. The van der Waals surface area contributed by atoms with E-state index >= 15 is 0 Å². The first-order valence-electron chi connectivity index (χ1n) is 6.70. The zero-order chi connectivity index (χ0) is 15.6. The minimum Gasteiger partial charge on any atom is -0.393 e. The molecule has 0 bridgehead atoms. The summed E-state index contributed by atoms with van der Waals surface area (Å²) < 4.78 is 0. The lowest BCUT2D eigenvalue weighted by molar-refractivity contribution is -0.383. The van der Waals surface area contributed by atoms with Gasteiger partial charge in [-0.3, -0.25) is 10.1 Å². The maximum Gasteiger partial charge on any atom is 0.292 e. The van der Waals surface area contributed by atoms with Crippen LogP contribution in [0.4, 0.5) is 17.1 Å². The Hall–Kier alpha value is -2.56. The Morgan fingerprint density at radius 2 is 1.95 bits per heavy atom. The van der Waals surface area contributed by atoms with Crippen LogP contribution in [0.25, 0.3) is 0 Å². The Kier molecular flexibility index (Phi) is 4.12. The highest BCUT2D eigenvalue weighted by Crippen LogP contribution is 2.28. The summed E-state index contributed by atoms with van der Waals surface area (Å²) in [6.45, 7) is 4.63.